The number of aryl methyl sites for hydroxylation is 1. The Balaban J connectivity index is 2.42. The van der Waals surface area contributed by atoms with Crippen molar-refractivity contribution in [3.05, 3.63) is 5.69 Å². The second-order valence-electron chi connectivity index (χ2n) is 5.66. The molecule has 7 heteroatoms. The minimum atomic E-state index is -0.256. The van der Waals surface area contributed by atoms with E-state index in [0.717, 1.165) is 9.90 Å². The molecule has 112 valence electrons. The smallest absolute Gasteiger partial charge is 0.245 e. The van der Waals surface area contributed by atoms with Crippen molar-refractivity contribution in [1.82, 2.24) is 10.3 Å². The normalized spacial score (nSPS) is 11.2. The molecule has 1 aromatic heterocycles. The molecule has 0 aliphatic carbocycles. The predicted octanol–water partition coefficient (Wildman–Crippen LogP) is 2.66. The van der Waals surface area contributed by atoms with Gasteiger partial charge in [-0.2, -0.15) is 0 Å². The Morgan fingerprint density at radius 3 is 2.45 bits per heavy atom. The first-order valence-corrected chi connectivity index (χ1v) is 8.33. The van der Waals surface area contributed by atoms with Crippen LogP contribution in [0, 0.1) is 12.3 Å². The van der Waals surface area contributed by atoms with Gasteiger partial charge in [0.15, 0.2) is 5.13 Å². The summed E-state index contributed by atoms with van der Waals surface area (Å²) in [7, 11) is 0. The molecule has 0 saturated carbocycles. The number of rotatable bonds is 5. The first-order valence-electron chi connectivity index (χ1n) is 6.29. The molecule has 0 aliphatic heterocycles. The highest BCUT2D eigenvalue weighted by Crippen LogP contribution is 2.30. The highest BCUT2D eigenvalue weighted by molar-refractivity contribution is 8.00. The Labute approximate surface area is 127 Å². The maximum absolute atomic E-state index is 11.7. The summed E-state index contributed by atoms with van der Waals surface area (Å²) in [5, 5.41) is 5.88. The number of hydrogen-bond acceptors (Lipinski definition) is 5. The van der Waals surface area contributed by atoms with Gasteiger partial charge in [-0.05, 0) is 18.6 Å². The number of thioether (sulfide) groups is 1. The van der Waals surface area contributed by atoms with Crippen LogP contribution in [0.5, 0.6) is 0 Å². The Bertz CT molecular complexity index is 492. The summed E-state index contributed by atoms with van der Waals surface area (Å²) < 4.78 is 1.08. The zero-order chi connectivity index (χ0) is 15.3. The number of anilines is 1. The molecule has 5 nitrogen and oxygen atoms in total. The van der Waals surface area contributed by atoms with Crippen LogP contribution in [0.1, 0.15) is 32.9 Å². The van der Waals surface area contributed by atoms with Gasteiger partial charge >= 0.3 is 0 Å². The highest BCUT2D eigenvalue weighted by Gasteiger charge is 2.16. The summed E-state index contributed by atoms with van der Waals surface area (Å²) in [4.78, 5) is 27.6. The van der Waals surface area contributed by atoms with Gasteiger partial charge in [0.1, 0.15) is 0 Å². The van der Waals surface area contributed by atoms with Crippen molar-refractivity contribution in [3.8, 4) is 0 Å². The molecule has 0 unspecified atom stereocenters. The number of amides is 2. The Hall–Kier alpha value is -1.08. The number of nitrogens with one attached hydrogen (secondary N) is 2. The van der Waals surface area contributed by atoms with Crippen LogP contribution < -0.4 is 10.6 Å². The summed E-state index contributed by atoms with van der Waals surface area (Å²) in [5.41, 5.74) is 0.829. The molecule has 0 aromatic carbocycles. The summed E-state index contributed by atoms with van der Waals surface area (Å²) in [6, 6.07) is 0. The van der Waals surface area contributed by atoms with Crippen molar-refractivity contribution >= 4 is 40.0 Å². The molecule has 0 atom stereocenters. The number of aromatic nitrogens is 1. The first kappa shape index (κ1) is 17.0. The average Bonchev–Trinajstić information content (AvgIpc) is 2.64. The molecule has 0 bridgehead atoms. The lowest BCUT2D eigenvalue weighted by Gasteiger charge is -2.16. The number of thiazole rings is 1. The van der Waals surface area contributed by atoms with Crippen molar-refractivity contribution in [2.75, 3.05) is 18.1 Å². The summed E-state index contributed by atoms with van der Waals surface area (Å²) in [5.74, 6) is -0.374. The largest absolute Gasteiger partial charge is 0.347 e. The molecule has 2 N–H and O–H groups in total. The Morgan fingerprint density at radius 2 is 1.95 bits per heavy atom. The van der Waals surface area contributed by atoms with E-state index in [1.165, 1.54) is 11.3 Å². The zero-order valence-electron chi connectivity index (χ0n) is 12.5. The molecule has 1 rings (SSSR count). The lowest BCUT2D eigenvalue weighted by atomic mass is 9.92. The van der Waals surface area contributed by atoms with Crippen LogP contribution >= 0.6 is 23.1 Å². The topological polar surface area (TPSA) is 71.1 Å². The molecule has 0 radical (unpaired) electrons. The van der Waals surface area contributed by atoms with Crippen molar-refractivity contribution in [1.29, 1.82) is 0 Å². The van der Waals surface area contributed by atoms with Crippen LogP contribution in [0.15, 0.2) is 4.21 Å². The standard InChI is InChI=1S/C13H21N3O2S2/c1-8-11(19-5)20-12(15-8)16-10(18)7-14-9(17)6-13(2,3)4/h6-7H2,1-5H3,(H,14,17)(H,15,16,18). The van der Waals surface area contributed by atoms with Gasteiger partial charge < -0.3 is 10.6 Å². The van der Waals surface area contributed by atoms with Crippen LogP contribution in [0.4, 0.5) is 5.13 Å². The van der Waals surface area contributed by atoms with Gasteiger partial charge in [-0.15, -0.1) is 11.8 Å². The van der Waals surface area contributed by atoms with Crippen LogP contribution in [-0.4, -0.2) is 29.6 Å². The summed E-state index contributed by atoms with van der Waals surface area (Å²) >= 11 is 3.04. The predicted molar refractivity (Wildman–Crippen MR) is 84.3 cm³/mol. The van der Waals surface area contributed by atoms with Crippen molar-refractivity contribution in [2.45, 2.75) is 38.3 Å². The van der Waals surface area contributed by atoms with Crippen molar-refractivity contribution < 1.29 is 9.59 Å². The maximum atomic E-state index is 11.7. The Morgan fingerprint density at radius 1 is 1.30 bits per heavy atom. The van der Waals surface area contributed by atoms with Crippen molar-refractivity contribution in [2.24, 2.45) is 5.41 Å². The van der Waals surface area contributed by atoms with Gasteiger partial charge in [0, 0.05) is 6.42 Å². The molecule has 0 saturated heterocycles. The number of carbonyl (C=O) groups excluding carboxylic acids is 2. The van der Waals surface area contributed by atoms with E-state index in [2.05, 4.69) is 15.6 Å². The minimum absolute atomic E-state index is 0.0257. The van der Waals surface area contributed by atoms with Crippen LogP contribution in [0.3, 0.4) is 0 Å². The number of hydrogen-bond donors (Lipinski definition) is 2. The second-order valence-corrected chi connectivity index (χ2v) is 7.73. The van der Waals surface area contributed by atoms with E-state index in [-0.39, 0.29) is 23.8 Å². The molecule has 1 aromatic rings. The third kappa shape index (κ3) is 5.92. The molecule has 20 heavy (non-hydrogen) atoms. The molecule has 1 heterocycles. The molecule has 2 amide bonds. The van der Waals surface area contributed by atoms with Gasteiger partial charge in [-0.25, -0.2) is 4.98 Å². The third-order valence-electron chi connectivity index (χ3n) is 2.32. The van der Waals surface area contributed by atoms with E-state index in [9.17, 15) is 9.59 Å². The van der Waals surface area contributed by atoms with E-state index in [0.29, 0.717) is 11.6 Å². The van der Waals surface area contributed by atoms with E-state index in [1.54, 1.807) is 11.8 Å². The summed E-state index contributed by atoms with van der Waals surface area (Å²) in [6.07, 6.45) is 2.37. The van der Waals surface area contributed by atoms with Crippen LogP contribution in [0.2, 0.25) is 0 Å². The van der Waals surface area contributed by atoms with Crippen LogP contribution in [-0.2, 0) is 9.59 Å². The zero-order valence-corrected chi connectivity index (χ0v) is 14.1. The van der Waals surface area contributed by atoms with E-state index in [1.807, 2.05) is 34.0 Å². The third-order valence-corrected chi connectivity index (χ3v) is 4.61. The fourth-order valence-electron chi connectivity index (χ4n) is 1.51. The molecule has 0 spiro atoms. The van der Waals surface area contributed by atoms with Gasteiger partial charge in [-0.3, -0.25) is 9.59 Å². The molecule has 0 fully saturated rings. The fourth-order valence-corrected chi connectivity index (χ4v) is 3.14. The SMILES string of the molecule is CSc1sc(NC(=O)CNC(=O)CC(C)(C)C)nc1C. The van der Waals surface area contributed by atoms with Crippen molar-refractivity contribution in [3.63, 3.8) is 0 Å². The first-order chi connectivity index (χ1) is 9.21. The number of carbonyl (C=O) groups is 2. The quantitative estimate of drug-likeness (QED) is 0.820. The van der Waals surface area contributed by atoms with Gasteiger partial charge in [0.05, 0.1) is 16.4 Å². The fraction of sp³-hybridized carbons (Fsp3) is 0.615. The number of nitrogens with zero attached hydrogens (tertiary/aromatic N) is 1. The maximum Gasteiger partial charge on any atom is 0.245 e. The monoisotopic (exact) mass is 315 g/mol. The lowest BCUT2D eigenvalue weighted by molar-refractivity contribution is -0.125. The van der Waals surface area contributed by atoms with Gasteiger partial charge in [0.25, 0.3) is 0 Å². The van der Waals surface area contributed by atoms with E-state index in [4.69, 9.17) is 0 Å². The average molecular weight is 315 g/mol. The lowest BCUT2D eigenvalue weighted by Crippen LogP contribution is -2.34. The van der Waals surface area contributed by atoms with Crippen LogP contribution in [0.25, 0.3) is 0 Å². The minimum Gasteiger partial charge on any atom is -0.347 e. The molecule has 0 aliphatic rings. The van der Waals surface area contributed by atoms with E-state index >= 15 is 0 Å². The van der Waals surface area contributed by atoms with Gasteiger partial charge in [-0.1, -0.05) is 32.1 Å². The molecular weight excluding hydrogens is 294 g/mol. The highest BCUT2D eigenvalue weighted by atomic mass is 32.2. The van der Waals surface area contributed by atoms with Gasteiger partial charge in [0.2, 0.25) is 11.8 Å². The molecular formula is C13H21N3O2S2. The summed E-state index contributed by atoms with van der Waals surface area (Å²) in [6.45, 7) is 7.82. The van der Waals surface area contributed by atoms with E-state index < -0.39 is 0 Å². The second kappa shape index (κ2) is 7.08. The Kier molecular flexibility index (Phi) is 6.01.